The van der Waals surface area contributed by atoms with Gasteiger partial charge in [0.25, 0.3) is 0 Å². The van der Waals surface area contributed by atoms with Crippen molar-refractivity contribution in [2.24, 2.45) is 10.7 Å². The van der Waals surface area contributed by atoms with E-state index in [0.717, 1.165) is 5.57 Å². The van der Waals surface area contributed by atoms with Gasteiger partial charge in [-0.1, -0.05) is 0 Å². The lowest BCUT2D eigenvalue weighted by atomic mass is 10.2. The Kier molecular flexibility index (Phi) is 0.947. The quantitative estimate of drug-likeness (QED) is 0.463. The first-order valence-electron chi connectivity index (χ1n) is 2.26. The van der Waals surface area contributed by atoms with E-state index in [9.17, 15) is 0 Å². The second kappa shape index (κ2) is 1.46. The maximum atomic E-state index is 5.46. The van der Waals surface area contributed by atoms with E-state index in [2.05, 4.69) is 4.99 Å². The minimum absolute atomic E-state index is 0.0833. The summed E-state index contributed by atoms with van der Waals surface area (Å²) in [5, 5.41) is 0. The standard InChI is InChI=1S/C5H8N2/c1-4-2-7-3-5(4)6/h2-3,5H,6H2,1H3. The third-order valence-corrected chi connectivity index (χ3v) is 1.05. The van der Waals surface area contributed by atoms with E-state index >= 15 is 0 Å². The number of hydrogen-bond acceptors (Lipinski definition) is 2. The molecule has 1 aliphatic rings. The van der Waals surface area contributed by atoms with Crippen LogP contribution in [0.5, 0.6) is 0 Å². The number of aliphatic imine (C=N–C) groups is 1. The van der Waals surface area contributed by atoms with Gasteiger partial charge in [-0.2, -0.15) is 0 Å². The van der Waals surface area contributed by atoms with Crippen molar-refractivity contribution >= 4 is 6.21 Å². The number of nitrogens with two attached hydrogens (primary N) is 1. The molecule has 1 atom stereocenters. The lowest BCUT2D eigenvalue weighted by Gasteiger charge is -1.94. The molecule has 1 heterocycles. The summed E-state index contributed by atoms with van der Waals surface area (Å²) in [5.41, 5.74) is 6.60. The fourth-order valence-electron chi connectivity index (χ4n) is 0.457. The molecule has 0 aromatic carbocycles. The van der Waals surface area contributed by atoms with E-state index in [1.807, 2.05) is 6.92 Å². The Hall–Kier alpha value is -0.630. The molecule has 1 rings (SSSR count). The van der Waals surface area contributed by atoms with E-state index in [1.54, 1.807) is 12.4 Å². The highest BCUT2D eigenvalue weighted by Crippen LogP contribution is 2.01. The monoisotopic (exact) mass is 96.1 g/mol. The van der Waals surface area contributed by atoms with Gasteiger partial charge in [-0.25, -0.2) is 0 Å². The van der Waals surface area contributed by atoms with Crippen LogP contribution in [0.4, 0.5) is 0 Å². The van der Waals surface area contributed by atoms with Crippen molar-refractivity contribution in [3.63, 3.8) is 0 Å². The average molecular weight is 96.1 g/mol. The van der Waals surface area contributed by atoms with E-state index in [4.69, 9.17) is 5.73 Å². The van der Waals surface area contributed by atoms with Crippen LogP contribution in [-0.4, -0.2) is 12.3 Å². The molecule has 0 saturated heterocycles. The summed E-state index contributed by atoms with van der Waals surface area (Å²) in [4.78, 5) is 3.83. The minimum atomic E-state index is 0.0833. The van der Waals surface area contributed by atoms with Crippen molar-refractivity contribution in [3.8, 4) is 0 Å². The highest BCUT2D eigenvalue weighted by atomic mass is 14.8. The van der Waals surface area contributed by atoms with Gasteiger partial charge in [0.15, 0.2) is 0 Å². The summed E-state index contributed by atoms with van der Waals surface area (Å²) in [6.07, 6.45) is 3.51. The second-order valence-corrected chi connectivity index (χ2v) is 1.70. The summed E-state index contributed by atoms with van der Waals surface area (Å²) >= 11 is 0. The predicted octanol–water partition coefficient (Wildman–Crippen LogP) is 0.302. The van der Waals surface area contributed by atoms with Crippen LogP contribution in [0.15, 0.2) is 16.8 Å². The summed E-state index contributed by atoms with van der Waals surface area (Å²) in [6, 6.07) is 0.0833. The van der Waals surface area contributed by atoms with Gasteiger partial charge in [0.1, 0.15) is 0 Å². The molecule has 0 spiro atoms. The maximum absolute atomic E-state index is 5.46. The average Bonchev–Trinajstić information content (AvgIpc) is 1.91. The number of rotatable bonds is 0. The lowest BCUT2D eigenvalue weighted by molar-refractivity contribution is 1.04. The smallest absolute Gasteiger partial charge is 0.0630 e. The number of nitrogens with zero attached hydrogens (tertiary/aromatic N) is 1. The summed E-state index contributed by atoms with van der Waals surface area (Å²) < 4.78 is 0. The zero-order valence-electron chi connectivity index (χ0n) is 4.26. The highest BCUT2D eigenvalue weighted by molar-refractivity contribution is 5.72. The first-order chi connectivity index (χ1) is 3.30. The van der Waals surface area contributed by atoms with Crippen molar-refractivity contribution in [1.82, 2.24) is 0 Å². The Morgan fingerprint density at radius 3 is 2.71 bits per heavy atom. The van der Waals surface area contributed by atoms with Crippen LogP contribution < -0.4 is 5.73 Å². The molecule has 0 amide bonds. The lowest BCUT2D eigenvalue weighted by Crippen LogP contribution is -2.19. The third kappa shape index (κ3) is 0.695. The first-order valence-corrected chi connectivity index (χ1v) is 2.26. The van der Waals surface area contributed by atoms with E-state index < -0.39 is 0 Å². The summed E-state index contributed by atoms with van der Waals surface area (Å²) in [7, 11) is 0. The van der Waals surface area contributed by atoms with E-state index in [-0.39, 0.29) is 6.04 Å². The van der Waals surface area contributed by atoms with E-state index in [1.165, 1.54) is 0 Å². The molecular formula is C5H8N2. The molecule has 2 nitrogen and oxygen atoms in total. The van der Waals surface area contributed by atoms with Crippen LogP contribution in [-0.2, 0) is 0 Å². The first kappa shape index (κ1) is 4.53. The molecule has 0 aromatic heterocycles. The van der Waals surface area contributed by atoms with Crippen molar-refractivity contribution in [2.45, 2.75) is 13.0 Å². The fourth-order valence-corrected chi connectivity index (χ4v) is 0.457. The van der Waals surface area contributed by atoms with Gasteiger partial charge in [0, 0.05) is 12.4 Å². The largest absolute Gasteiger partial charge is 0.320 e. The molecule has 2 heteroatoms. The van der Waals surface area contributed by atoms with Crippen molar-refractivity contribution < 1.29 is 0 Å². The normalized spacial score (nSPS) is 28.3. The van der Waals surface area contributed by atoms with Gasteiger partial charge in [0.05, 0.1) is 6.04 Å². The SMILES string of the molecule is CC1=CN=CC1N. The van der Waals surface area contributed by atoms with Gasteiger partial charge in [0.2, 0.25) is 0 Å². The Bertz CT molecular complexity index is 124. The molecule has 0 bridgehead atoms. The van der Waals surface area contributed by atoms with Crippen molar-refractivity contribution in [2.75, 3.05) is 0 Å². The molecule has 1 aliphatic heterocycles. The van der Waals surface area contributed by atoms with Gasteiger partial charge in [-0.3, -0.25) is 4.99 Å². The maximum Gasteiger partial charge on any atom is 0.0630 e. The molecule has 0 saturated carbocycles. The number of hydrogen-bond donors (Lipinski definition) is 1. The van der Waals surface area contributed by atoms with Crippen molar-refractivity contribution in [3.05, 3.63) is 11.8 Å². The van der Waals surface area contributed by atoms with Gasteiger partial charge in [-0.05, 0) is 12.5 Å². The molecule has 0 aromatic rings. The third-order valence-electron chi connectivity index (χ3n) is 1.05. The zero-order valence-corrected chi connectivity index (χ0v) is 4.26. The van der Waals surface area contributed by atoms with E-state index in [0.29, 0.717) is 0 Å². The predicted molar refractivity (Wildman–Crippen MR) is 30.2 cm³/mol. The summed E-state index contributed by atoms with van der Waals surface area (Å²) in [6.45, 7) is 1.97. The fraction of sp³-hybridized carbons (Fsp3) is 0.400. The van der Waals surface area contributed by atoms with Crippen molar-refractivity contribution in [1.29, 1.82) is 0 Å². The van der Waals surface area contributed by atoms with Crippen LogP contribution in [0.2, 0.25) is 0 Å². The zero-order chi connectivity index (χ0) is 5.28. The molecule has 1 unspecified atom stereocenters. The molecule has 2 N–H and O–H groups in total. The molecule has 0 radical (unpaired) electrons. The van der Waals surface area contributed by atoms with Crippen LogP contribution in [0.3, 0.4) is 0 Å². The topological polar surface area (TPSA) is 38.4 Å². The van der Waals surface area contributed by atoms with Crippen LogP contribution in [0.25, 0.3) is 0 Å². The molecule has 7 heavy (non-hydrogen) atoms. The molecule has 38 valence electrons. The van der Waals surface area contributed by atoms with Crippen LogP contribution >= 0.6 is 0 Å². The van der Waals surface area contributed by atoms with Crippen LogP contribution in [0, 0.1) is 0 Å². The highest BCUT2D eigenvalue weighted by Gasteiger charge is 2.02. The Morgan fingerprint density at radius 1 is 1.86 bits per heavy atom. The second-order valence-electron chi connectivity index (χ2n) is 1.70. The molecule has 0 aliphatic carbocycles. The molecule has 0 fully saturated rings. The molecular weight excluding hydrogens is 88.1 g/mol. The van der Waals surface area contributed by atoms with Crippen LogP contribution in [0.1, 0.15) is 6.92 Å². The Balaban J connectivity index is 2.69. The summed E-state index contributed by atoms with van der Waals surface area (Å²) in [5.74, 6) is 0. The Labute approximate surface area is 42.7 Å². The van der Waals surface area contributed by atoms with Gasteiger partial charge in [-0.15, -0.1) is 0 Å². The van der Waals surface area contributed by atoms with Gasteiger partial charge >= 0.3 is 0 Å². The Morgan fingerprint density at radius 2 is 2.57 bits per heavy atom. The minimum Gasteiger partial charge on any atom is -0.320 e. The van der Waals surface area contributed by atoms with Gasteiger partial charge < -0.3 is 5.73 Å².